The zero-order chi connectivity index (χ0) is 21.0. The van der Waals surface area contributed by atoms with Crippen molar-refractivity contribution in [1.82, 2.24) is 4.90 Å². The third-order valence-electron chi connectivity index (χ3n) is 4.67. The van der Waals surface area contributed by atoms with E-state index in [0.29, 0.717) is 48.0 Å². The lowest BCUT2D eigenvalue weighted by molar-refractivity contribution is -0.137. The number of halogens is 1. The lowest BCUT2D eigenvalue weighted by Crippen LogP contribution is -2.34. The molecule has 2 amide bonds. The van der Waals surface area contributed by atoms with Crippen LogP contribution in [0.25, 0.3) is 5.57 Å². The molecule has 3 rings (SSSR count). The average Bonchev–Trinajstić information content (AvgIpc) is 2.89. The summed E-state index contributed by atoms with van der Waals surface area (Å²) in [6.45, 7) is 7.33. The van der Waals surface area contributed by atoms with E-state index in [2.05, 4.69) is 11.4 Å². The fourth-order valence-corrected chi connectivity index (χ4v) is 3.57. The van der Waals surface area contributed by atoms with Crippen molar-refractivity contribution in [1.29, 1.82) is 0 Å². The normalized spacial score (nSPS) is 14.1. The van der Waals surface area contributed by atoms with E-state index in [1.54, 1.807) is 24.3 Å². The molecule has 2 aromatic rings. The van der Waals surface area contributed by atoms with Crippen LogP contribution in [-0.2, 0) is 14.3 Å². The van der Waals surface area contributed by atoms with Crippen molar-refractivity contribution in [3.05, 3.63) is 69.9 Å². The number of hydrogen-bond acceptors (Lipinski definition) is 4. The molecule has 152 valence electrons. The van der Waals surface area contributed by atoms with Crippen LogP contribution in [0.3, 0.4) is 0 Å². The van der Waals surface area contributed by atoms with E-state index in [4.69, 9.17) is 16.3 Å². The van der Waals surface area contributed by atoms with Crippen LogP contribution in [0.15, 0.2) is 48.2 Å². The van der Waals surface area contributed by atoms with Crippen LogP contribution in [0.5, 0.6) is 0 Å². The van der Waals surface area contributed by atoms with Crippen molar-refractivity contribution in [2.24, 2.45) is 0 Å². The second kappa shape index (κ2) is 9.25. The van der Waals surface area contributed by atoms with Crippen molar-refractivity contribution in [2.75, 3.05) is 25.1 Å². The first-order valence-corrected chi connectivity index (χ1v) is 10.1. The van der Waals surface area contributed by atoms with Gasteiger partial charge in [0.05, 0.1) is 5.57 Å². The molecular formula is C23H25ClN2O3. The Kier molecular flexibility index (Phi) is 6.72. The Bertz CT molecular complexity index is 931. The maximum Gasteiger partial charge on any atom is 0.278 e. The van der Waals surface area contributed by atoms with Gasteiger partial charge in [-0.05, 0) is 68.1 Å². The number of benzene rings is 2. The fraction of sp³-hybridized carbons (Fsp3) is 0.304. The minimum absolute atomic E-state index is 0.290. The van der Waals surface area contributed by atoms with Gasteiger partial charge in [-0.3, -0.25) is 14.5 Å². The SMILES string of the molecule is CCOCCCN1C(=O)C(Nc2cc(C)cc(C)c2)=C(c2ccc(Cl)cc2)C1=O. The fourth-order valence-electron chi connectivity index (χ4n) is 3.44. The van der Waals surface area contributed by atoms with Crippen molar-refractivity contribution in [2.45, 2.75) is 27.2 Å². The van der Waals surface area contributed by atoms with Crippen LogP contribution in [-0.4, -0.2) is 36.5 Å². The first-order valence-electron chi connectivity index (χ1n) is 9.70. The third-order valence-corrected chi connectivity index (χ3v) is 4.92. The third kappa shape index (κ3) is 4.86. The molecule has 29 heavy (non-hydrogen) atoms. The number of nitrogens with one attached hydrogen (secondary N) is 1. The van der Waals surface area contributed by atoms with E-state index in [9.17, 15) is 9.59 Å². The Hall–Kier alpha value is -2.63. The maximum absolute atomic E-state index is 13.1. The predicted molar refractivity (Wildman–Crippen MR) is 116 cm³/mol. The van der Waals surface area contributed by atoms with E-state index in [0.717, 1.165) is 16.8 Å². The summed E-state index contributed by atoms with van der Waals surface area (Å²) in [5.41, 5.74) is 4.24. The lowest BCUT2D eigenvalue weighted by atomic mass is 10.0. The number of aryl methyl sites for hydroxylation is 2. The Morgan fingerprint density at radius 2 is 1.66 bits per heavy atom. The van der Waals surface area contributed by atoms with E-state index in [1.807, 2.05) is 32.9 Å². The first-order chi connectivity index (χ1) is 13.9. The molecule has 1 aliphatic rings. The summed E-state index contributed by atoms with van der Waals surface area (Å²) in [5, 5.41) is 3.77. The second-order valence-corrected chi connectivity index (χ2v) is 7.51. The number of hydrogen-bond donors (Lipinski definition) is 1. The highest BCUT2D eigenvalue weighted by Gasteiger charge is 2.38. The molecule has 6 heteroatoms. The van der Waals surface area contributed by atoms with Gasteiger partial charge in [-0.15, -0.1) is 0 Å². The van der Waals surface area contributed by atoms with E-state index in [-0.39, 0.29) is 11.8 Å². The number of carbonyl (C=O) groups excluding carboxylic acids is 2. The molecular weight excluding hydrogens is 388 g/mol. The summed E-state index contributed by atoms with van der Waals surface area (Å²) in [4.78, 5) is 27.5. The van der Waals surface area contributed by atoms with Crippen molar-refractivity contribution in [3.63, 3.8) is 0 Å². The number of imide groups is 1. The highest BCUT2D eigenvalue weighted by Crippen LogP contribution is 2.31. The van der Waals surface area contributed by atoms with Gasteiger partial charge in [-0.25, -0.2) is 0 Å². The van der Waals surface area contributed by atoms with Crippen LogP contribution in [0.2, 0.25) is 5.02 Å². The van der Waals surface area contributed by atoms with Gasteiger partial charge < -0.3 is 10.1 Å². The van der Waals surface area contributed by atoms with Crippen molar-refractivity contribution < 1.29 is 14.3 Å². The quantitative estimate of drug-likeness (QED) is 0.509. The van der Waals surface area contributed by atoms with Crippen molar-refractivity contribution >= 4 is 34.7 Å². The highest BCUT2D eigenvalue weighted by atomic mass is 35.5. The predicted octanol–water partition coefficient (Wildman–Crippen LogP) is 4.58. The minimum atomic E-state index is -0.324. The minimum Gasteiger partial charge on any atom is -0.382 e. The second-order valence-electron chi connectivity index (χ2n) is 7.07. The van der Waals surface area contributed by atoms with Gasteiger partial charge in [0.2, 0.25) is 0 Å². The smallest absolute Gasteiger partial charge is 0.278 e. The van der Waals surface area contributed by atoms with Gasteiger partial charge in [-0.1, -0.05) is 29.8 Å². The van der Waals surface area contributed by atoms with Crippen LogP contribution in [0, 0.1) is 13.8 Å². The summed E-state index contributed by atoms with van der Waals surface area (Å²) in [6.07, 6.45) is 0.593. The summed E-state index contributed by atoms with van der Waals surface area (Å²) in [7, 11) is 0. The number of anilines is 1. The summed E-state index contributed by atoms with van der Waals surface area (Å²) in [5.74, 6) is -0.628. The van der Waals surface area contributed by atoms with Gasteiger partial charge in [0, 0.05) is 30.5 Å². The maximum atomic E-state index is 13.1. The molecule has 0 bridgehead atoms. The summed E-state index contributed by atoms with van der Waals surface area (Å²) in [6, 6.07) is 12.9. The van der Waals surface area contributed by atoms with Gasteiger partial charge in [0.1, 0.15) is 5.70 Å². The molecule has 5 nitrogen and oxygen atoms in total. The zero-order valence-electron chi connectivity index (χ0n) is 16.9. The number of nitrogens with zero attached hydrogens (tertiary/aromatic N) is 1. The molecule has 0 saturated carbocycles. The van der Waals surface area contributed by atoms with E-state index < -0.39 is 0 Å². The van der Waals surface area contributed by atoms with E-state index in [1.165, 1.54) is 4.90 Å². The average molecular weight is 413 g/mol. The summed E-state index contributed by atoms with van der Waals surface area (Å²) < 4.78 is 5.34. The number of carbonyl (C=O) groups is 2. The Morgan fingerprint density at radius 3 is 2.28 bits per heavy atom. The van der Waals surface area contributed by atoms with Crippen molar-refractivity contribution in [3.8, 4) is 0 Å². The van der Waals surface area contributed by atoms with Gasteiger partial charge in [0.15, 0.2) is 0 Å². The zero-order valence-corrected chi connectivity index (χ0v) is 17.7. The van der Waals surface area contributed by atoms with Crippen LogP contribution < -0.4 is 5.32 Å². The van der Waals surface area contributed by atoms with Gasteiger partial charge in [-0.2, -0.15) is 0 Å². The molecule has 0 atom stereocenters. The van der Waals surface area contributed by atoms with Crippen LogP contribution >= 0.6 is 11.6 Å². The topological polar surface area (TPSA) is 58.6 Å². The molecule has 1 N–H and O–H groups in total. The molecule has 0 unspecified atom stereocenters. The Morgan fingerprint density at radius 1 is 1.00 bits per heavy atom. The molecule has 1 aliphatic heterocycles. The lowest BCUT2D eigenvalue weighted by Gasteiger charge is -2.15. The molecule has 0 fully saturated rings. The number of amides is 2. The largest absolute Gasteiger partial charge is 0.382 e. The molecule has 0 spiro atoms. The molecule has 0 radical (unpaired) electrons. The molecule has 1 heterocycles. The van der Waals surface area contributed by atoms with Gasteiger partial charge >= 0.3 is 0 Å². The number of ether oxygens (including phenoxy) is 1. The Labute approximate surface area is 176 Å². The van der Waals surface area contributed by atoms with Crippen LogP contribution in [0.4, 0.5) is 5.69 Å². The highest BCUT2D eigenvalue weighted by molar-refractivity contribution is 6.36. The van der Waals surface area contributed by atoms with Crippen LogP contribution in [0.1, 0.15) is 30.0 Å². The molecule has 0 aromatic heterocycles. The first kappa shape index (κ1) is 21.1. The van der Waals surface area contributed by atoms with E-state index >= 15 is 0 Å². The molecule has 2 aromatic carbocycles. The van der Waals surface area contributed by atoms with Gasteiger partial charge in [0.25, 0.3) is 11.8 Å². The molecule has 0 saturated heterocycles. The monoisotopic (exact) mass is 412 g/mol. The Balaban J connectivity index is 1.96. The standard InChI is InChI=1S/C23H25ClN2O3/c1-4-29-11-5-10-26-22(27)20(17-6-8-18(24)9-7-17)21(23(26)28)25-19-13-15(2)12-16(3)14-19/h6-9,12-14,25H,4-5,10-11H2,1-3H3. The summed E-state index contributed by atoms with van der Waals surface area (Å²) >= 11 is 6.00. The number of rotatable bonds is 8. The molecule has 0 aliphatic carbocycles.